The van der Waals surface area contributed by atoms with Crippen LogP contribution in [0.1, 0.15) is 29.7 Å². The Balaban J connectivity index is 2.10. The van der Waals surface area contributed by atoms with Gasteiger partial charge < -0.3 is 5.11 Å². The first kappa shape index (κ1) is 14.6. The third-order valence-corrected chi connectivity index (χ3v) is 5.12. The zero-order chi connectivity index (χ0) is 13.8. The van der Waals surface area contributed by atoms with Gasteiger partial charge in [-0.3, -0.25) is 0 Å². The topological polar surface area (TPSA) is 20.2 Å². The molecule has 2 rings (SSSR count). The molecule has 1 N–H and O–H groups in total. The predicted octanol–water partition coefficient (Wildman–Crippen LogP) is 5.10. The molecular weight excluding hydrogens is 320 g/mol. The molecule has 2 aromatic rings. The largest absolute Gasteiger partial charge is 0.389 e. The lowest BCUT2D eigenvalue weighted by molar-refractivity contribution is 0.199. The van der Waals surface area contributed by atoms with E-state index in [2.05, 4.69) is 53.2 Å². The maximum absolute atomic E-state index is 9.56. The van der Waals surface area contributed by atoms with Crippen LogP contribution in [0.3, 0.4) is 0 Å². The van der Waals surface area contributed by atoms with E-state index < -0.39 is 6.10 Å². The number of benzene rings is 2. The average Bonchev–Trinajstić information content (AvgIpc) is 2.39. The van der Waals surface area contributed by atoms with Gasteiger partial charge in [0.05, 0.1) is 6.10 Å². The van der Waals surface area contributed by atoms with Gasteiger partial charge in [-0.2, -0.15) is 0 Å². The SMILES string of the molecule is Cc1ccccc1CSc1ccc([C@@H](C)O)cc1Br. The number of hydrogen-bond donors (Lipinski definition) is 1. The molecule has 3 heteroatoms. The van der Waals surface area contributed by atoms with Gasteiger partial charge in [-0.15, -0.1) is 11.8 Å². The summed E-state index contributed by atoms with van der Waals surface area (Å²) in [6.45, 7) is 3.92. The molecule has 100 valence electrons. The molecule has 0 aliphatic heterocycles. The number of aliphatic hydroxyl groups excluding tert-OH is 1. The fourth-order valence-corrected chi connectivity index (χ4v) is 3.56. The molecule has 19 heavy (non-hydrogen) atoms. The monoisotopic (exact) mass is 336 g/mol. The third kappa shape index (κ3) is 3.85. The summed E-state index contributed by atoms with van der Waals surface area (Å²) in [6.07, 6.45) is -0.424. The standard InChI is InChI=1S/C16H17BrOS/c1-11-5-3-4-6-14(11)10-19-16-8-7-13(12(2)18)9-15(16)17/h3-9,12,18H,10H2,1-2H3/t12-/m1/s1. The van der Waals surface area contributed by atoms with Crippen LogP contribution in [0.25, 0.3) is 0 Å². The van der Waals surface area contributed by atoms with Gasteiger partial charge in [0.15, 0.2) is 0 Å². The van der Waals surface area contributed by atoms with Gasteiger partial charge in [-0.05, 0) is 58.6 Å². The van der Waals surface area contributed by atoms with Crippen molar-refractivity contribution in [3.8, 4) is 0 Å². The van der Waals surface area contributed by atoms with Crippen LogP contribution in [-0.2, 0) is 5.75 Å². The van der Waals surface area contributed by atoms with Gasteiger partial charge >= 0.3 is 0 Å². The minimum atomic E-state index is -0.424. The van der Waals surface area contributed by atoms with Crippen molar-refractivity contribution < 1.29 is 5.11 Å². The van der Waals surface area contributed by atoms with Gasteiger partial charge in [0.2, 0.25) is 0 Å². The van der Waals surface area contributed by atoms with Crippen molar-refractivity contribution in [2.45, 2.75) is 30.6 Å². The Hall–Kier alpha value is -0.770. The molecule has 0 aliphatic rings. The van der Waals surface area contributed by atoms with Crippen LogP contribution in [0.5, 0.6) is 0 Å². The third-order valence-electron chi connectivity index (χ3n) is 3.08. The smallest absolute Gasteiger partial charge is 0.0762 e. The van der Waals surface area contributed by atoms with Crippen molar-refractivity contribution >= 4 is 27.7 Å². The van der Waals surface area contributed by atoms with E-state index in [1.165, 1.54) is 16.0 Å². The van der Waals surface area contributed by atoms with Crippen molar-refractivity contribution in [3.63, 3.8) is 0 Å². The average molecular weight is 337 g/mol. The van der Waals surface area contributed by atoms with Crippen molar-refractivity contribution in [1.82, 2.24) is 0 Å². The highest BCUT2D eigenvalue weighted by Gasteiger charge is 2.06. The Morgan fingerprint density at radius 3 is 2.58 bits per heavy atom. The molecule has 0 saturated heterocycles. The second-order valence-corrected chi connectivity index (χ2v) is 6.45. The number of thioether (sulfide) groups is 1. The molecule has 0 spiro atoms. The molecule has 0 heterocycles. The molecule has 0 aliphatic carbocycles. The van der Waals surface area contributed by atoms with Gasteiger partial charge in [0.1, 0.15) is 0 Å². The molecule has 1 atom stereocenters. The molecule has 2 aromatic carbocycles. The minimum Gasteiger partial charge on any atom is -0.389 e. The molecule has 0 amide bonds. The van der Waals surface area contributed by atoms with Crippen molar-refractivity contribution in [3.05, 3.63) is 63.6 Å². The second kappa shape index (κ2) is 6.60. The van der Waals surface area contributed by atoms with Gasteiger partial charge in [0, 0.05) is 15.1 Å². The van der Waals surface area contributed by atoms with E-state index in [9.17, 15) is 5.11 Å². The first-order valence-corrected chi connectivity index (χ1v) is 8.00. The lowest BCUT2D eigenvalue weighted by atomic mass is 10.1. The van der Waals surface area contributed by atoms with E-state index in [1.807, 2.05) is 12.1 Å². The molecule has 0 radical (unpaired) electrons. The highest BCUT2D eigenvalue weighted by molar-refractivity contribution is 9.10. The highest BCUT2D eigenvalue weighted by Crippen LogP contribution is 2.32. The fourth-order valence-electron chi connectivity index (χ4n) is 1.82. The maximum atomic E-state index is 9.56. The molecule has 0 fully saturated rings. The predicted molar refractivity (Wildman–Crippen MR) is 85.5 cm³/mol. The summed E-state index contributed by atoms with van der Waals surface area (Å²) in [4.78, 5) is 1.20. The van der Waals surface area contributed by atoms with E-state index in [-0.39, 0.29) is 0 Å². The first-order valence-electron chi connectivity index (χ1n) is 6.22. The van der Waals surface area contributed by atoms with Crippen LogP contribution in [0.15, 0.2) is 51.8 Å². The van der Waals surface area contributed by atoms with Gasteiger partial charge in [0.25, 0.3) is 0 Å². The van der Waals surface area contributed by atoms with Crippen LogP contribution < -0.4 is 0 Å². The van der Waals surface area contributed by atoms with Gasteiger partial charge in [-0.25, -0.2) is 0 Å². The maximum Gasteiger partial charge on any atom is 0.0762 e. The highest BCUT2D eigenvalue weighted by atomic mass is 79.9. The molecule has 1 nitrogen and oxygen atoms in total. The fraction of sp³-hybridized carbons (Fsp3) is 0.250. The lowest BCUT2D eigenvalue weighted by Gasteiger charge is -2.10. The molecule has 0 aromatic heterocycles. The summed E-state index contributed by atoms with van der Waals surface area (Å²) in [5, 5.41) is 9.56. The summed E-state index contributed by atoms with van der Waals surface area (Å²) in [7, 11) is 0. The first-order chi connectivity index (χ1) is 9.08. The Morgan fingerprint density at radius 2 is 1.95 bits per heavy atom. The lowest BCUT2D eigenvalue weighted by Crippen LogP contribution is -1.91. The Kier molecular flexibility index (Phi) is 5.08. The Labute approximate surface area is 127 Å². The van der Waals surface area contributed by atoms with E-state index in [1.54, 1.807) is 18.7 Å². The molecule has 0 bridgehead atoms. The molecular formula is C16H17BrOS. The van der Waals surface area contributed by atoms with Crippen molar-refractivity contribution in [1.29, 1.82) is 0 Å². The summed E-state index contributed by atoms with van der Waals surface area (Å²) < 4.78 is 1.05. The Morgan fingerprint density at radius 1 is 1.21 bits per heavy atom. The summed E-state index contributed by atoms with van der Waals surface area (Å²) in [6, 6.07) is 14.5. The molecule has 0 unspecified atom stereocenters. The molecule has 0 saturated carbocycles. The van der Waals surface area contributed by atoms with E-state index >= 15 is 0 Å². The van der Waals surface area contributed by atoms with Crippen molar-refractivity contribution in [2.24, 2.45) is 0 Å². The van der Waals surface area contributed by atoms with Crippen LogP contribution in [0.4, 0.5) is 0 Å². The summed E-state index contributed by atoms with van der Waals surface area (Å²) >= 11 is 5.38. The number of rotatable bonds is 4. The van der Waals surface area contributed by atoms with Crippen LogP contribution in [0.2, 0.25) is 0 Å². The van der Waals surface area contributed by atoms with Crippen LogP contribution in [0, 0.1) is 6.92 Å². The van der Waals surface area contributed by atoms with E-state index in [0.717, 1.165) is 15.8 Å². The zero-order valence-corrected chi connectivity index (χ0v) is 13.5. The number of aryl methyl sites for hydroxylation is 1. The van der Waals surface area contributed by atoms with E-state index in [4.69, 9.17) is 0 Å². The Bertz CT molecular complexity index is 566. The van der Waals surface area contributed by atoms with E-state index in [0.29, 0.717) is 0 Å². The number of hydrogen-bond acceptors (Lipinski definition) is 2. The van der Waals surface area contributed by atoms with Crippen LogP contribution >= 0.6 is 27.7 Å². The summed E-state index contributed by atoms with van der Waals surface area (Å²) in [5.74, 6) is 0.958. The summed E-state index contributed by atoms with van der Waals surface area (Å²) in [5.41, 5.74) is 3.62. The zero-order valence-electron chi connectivity index (χ0n) is 11.1. The second-order valence-electron chi connectivity index (χ2n) is 4.58. The minimum absolute atomic E-state index is 0.424. The quantitative estimate of drug-likeness (QED) is 0.783. The number of aliphatic hydroxyl groups is 1. The number of halogens is 1. The van der Waals surface area contributed by atoms with Crippen molar-refractivity contribution in [2.75, 3.05) is 0 Å². The normalized spacial score (nSPS) is 12.4. The van der Waals surface area contributed by atoms with Crippen LogP contribution in [-0.4, -0.2) is 5.11 Å². The van der Waals surface area contributed by atoms with Gasteiger partial charge in [-0.1, -0.05) is 30.3 Å².